The van der Waals surface area contributed by atoms with Crippen LogP contribution in [-0.4, -0.2) is 29.4 Å². The van der Waals surface area contributed by atoms with E-state index in [0.29, 0.717) is 5.82 Å². The van der Waals surface area contributed by atoms with Gasteiger partial charge >= 0.3 is 0 Å². The smallest absolute Gasteiger partial charge is 0.265 e. The second-order valence-electron chi connectivity index (χ2n) is 4.10. The van der Waals surface area contributed by atoms with Gasteiger partial charge in [-0.3, -0.25) is 9.78 Å². The Bertz CT molecular complexity index is 759. The Morgan fingerprint density at radius 3 is 2.81 bits per heavy atom. The van der Waals surface area contributed by atoms with Crippen LogP contribution in [0.5, 0.6) is 0 Å². The number of aromatic nitrogens is 3. The molecular weight excluding hydrogens is 320 g/mol. The van der Waals surface area contributed by atoms with Crippen LogP contribution in [0.15, 0.2) is 27.9 Å². The van der Waals surface area contributed by atoms with Crippen LogP contribution in [0.25, 0.3) is 0 Å². The van der Waals surface area contributed by atoms with E-state index in [2.05, 4.69) is 15.1 Å². The molecule has 0 aliphatic rings. The highest BCUT2D eigenvalue weighted by atomic mass is 35.5. The minimum Gasteiger partial charge on any atom is -0.339 e. The van der Waals surface area contributed by atoms with Gasteiger partial charge in [0.25, 0.3) is 10.0 Å². The van der Waals surface area contributed by atoms with Gasteiger partial charge in [0, 0.05) is 25.2 Å². The van der Waals surface area contributed by atoms with Gasteiger partial charge in [0.2, 0.25) is 11.8 Å². The lowest BCUT2D eigenvalue weighted by Crippen LogP contribution is -2.30. The van der Waals surface area contributed by atoms with Crippen molar-refractivity contribution >= 4 is 27.5 Å². The Balaban J connectivity index is 1.98. The number of hydrogen-bond acceptors (Lipinski definition) is 7. The van der Waals surface area contributed by atoms with Crippen LogP contribution in [0.2, 0.25) is 5.02 Å². The van der Waals surface area contributed by atoms with Crippen LogP contribution < -0.4 is 4.72 Å². The molecule has 0 saturated carbocycles. The van der Waals surface area contributed by atoms with Crippen LogP contribution in [0.3, 0.4) is 0 Å². The molecule has 8 nitrogen and oxygen atoms in total. The van der Waals surface area contributed by atoms with E-state index >= 15 is 0 Å². The summed E-state index contributed by atoms with van der Waals surface area (Å²) in [5.74, 6) is 0.0262. The molecule has 0 unspecified atom stereocenters. The molecule has 1 N–H and O–H groups in total. The maximum absolute atomic E-state index is 11.9. The van der Waals surface area contributed by atoms with Gasteiger partial charge in [-0.2, -0.15) is 4.98 Å². The van der Waals surface area contributed by atoms with Crippen LogP contribution in [0, 0.1) is 6.92 Å². The second-order valence-corrected chi connectivity index (χ2v) is 6.22. The Morgan fingerprint density at radius 2 is 2.19 bits per heavy atom. The second kappa shape index (κ2) is 6.19. The highest BCUT2D eigenvalue weighted by Crippen LogP contribution is 2.13. The number of hydrogen-bond donors (Lipinski definition) is 1. The molecule has 1 amide bonds. The first kappa shape index (κ1) is 15.4. The molecule has 0 radical (unpaired) electrons. The highest BCUT2D eigenvalue weighted by molar-refractivity contribution is 7.90. The zero-order chi connectivity index (χ0) is 15.5. The van der Waals surface area contributed by atoms with Crippen molar-refractivity contribution in [3.63, 3.8) is 0 Å². The van der Waals surface area contributed by atoms with E-state index in [1.807, 2.05) is 4.72 Å². The molecule has 0 spiro atoms. The molecule has 2 aromatic rings. The molecule has 2 aromatic heterocycles. The lowest BCUT2D eigenvalue weighted by Gasteiger charge is -2.05. The number of aryl methyl sites for hydroxylation is 2. The van der Waals surface area contributed by atoms with E-state index in [4.69, 9.17) is 16.1 Å². The third-order valence-electron chi connectivity index (χ3n) is 2.37. The molecule has 10 heteroatoms. The summed E-state index contributed by atoms with van der Waals surface area (Å²) in [4.78, 5) is 19.1. The fraction of sp³-hybridized carbons (Fsp3) is 0.273. The van der Waals surface area contributed by atoms with Gasteiger partial charge < -0.3 is 4.52 Å². The summed E-state index contributed by atoms with van der Waals surface area (Å²) in [5, 5.41) is 3.73. The lowest BCUT2D eigenvalue weighted by atomic mass is 10.3. The predicted octanol–water partition coefficient (Wildman–Crippen LogP) is 0.864. The summed E-state index contributed by atoms with van der Waals surface area (Å²) in [7, 11) is -3.99. The van der Waals surface area contributed by atoms with E-state index in [1.165, 1.54) is 12.3 Å². The summed E-state index contributed by atoms with van der Waals surface area (Å²) in [6.07, 6.45) is 2.44. The molecule has 0 aliphatic heterocycles. The number of amides is 1. The zero-order valence-electron chi connectivity index (χ0n) is 10.9. The van der Waals surface area contributed by atoms with Gasteiger partial charge in [0.1, 0.15) is 4.90 Å². The molecule has 2 heterocycles. The topological polar surface area (TPSA) is 115 Å². The summed E-state index contributed by atoms with van der Waals surface area (Å²) in [6, 6.07) is 1.20. The number of rotatable bonds is 5. The summed E-state index contributed by atoms with van der Waals surface area (Å²) in [6.45, 7) is 1.64. The first-order valence-electron chi connectivity index (χ1n) is 5.82. The third-order valence-corrected chi connectivity index (χ3v) is 3.92. The number of carbonyl (C=O) groups excluding carboxylic acids is 1. The fourth-order valence-electron chi connectivity index (χ4n) is 1.46. The minimum absolute atomic E-state index is 0.102. The molecule has 21 heavy (non-hydrogen) atoms. The van der Waals surface area contributed by atoms with Crippen LogP contribution >= 0.6 is 11.6 Å². The largest absolute Gasteiger partial charge is 0.339 e. The van der Waals surface area contributed by atoms with Crippen molar-refractivity contribution in [1.29, 1.82) is 0 Å². The van der Waals surface area contributed by atoms with E-state index in [9.17, 15) is 13.2 Å². The maximum Gasteiger partial charge on any atom is 0.265 e. The average Bonchev–Trinajstić information content (AvgIpc) is 2.82. The van der Waals surface area contributed by atoms with Gasteiger partial charge in [0.15, 0.2) is 5.82 Å². The number of halogens is 1. The van der Waals surface area contributed by atoms with E-state index in [1.54, 1.807) is 6.92 Å². The van der Waals surface area contributed by atoms with Crippen LogP contribution in [0.4, 0.5) is 0 Å². The number of nitrogens with zero attached hydrogens (tertiary/aromatic N) is 3. The Labute approximate surface area is 125 Å². The highest BCUT2D eigenvalue weighted by Gasteiger charge is 2.19. The zero-order valence-corrected chi connectivity index (χ0v) is 12.5. The van der Waals surface area contributed by atoms with Crippen molar-refractivity contribution < 1.29 is 17.7 Å². The van der Waals surface area contributed by atoms with Gasteiger partial charge in [-0.15, -0.1) is 0 Å². The molecule has 2 rings (SSSR count). The fourth-order valence-corrected chi connectivity index (χ4v) is 2.70. The Hall–Kier alpha value is -2.00. The van der Waals surface area contributed by atoms with Crippen molar-refractivity contribution in [2.45, 2.75) is 24.7 Å². The summed E-state index contributed by atoms with van der Waals surface area (Å²) in [5.41, 5.74) is 0. The minimum atomic E-state index is -3.99. The molecule has 0 fully saturated rings. The maximum atomic E-state index is 11.9. The third kappa shape index (κ3) is 4.23. The van der Waals surface area contributed by atoms with Crippen molar-refractivity contribution in [3.05, 3.63) is 35.2 Å². The van der Waals surface area contributed by atoms with Crippen molar-refractivity contribution in [1.82, 2.24) is 19.8 Å². The average molecular weight is 331 g/mol. The van der Waals surface area contributed by atoms with Crippen LogP contribution in [-0.2, 0) is 21.2 Å². The monoisotopic (exact) mass is 330 g/mol. The summed E-state index contributed by atoms with van der Waals surface area (Å²) < 4.78 is 30.6. The first-order chi connectivity index (χ1) is 9.87. The first-order valence-corrected chi connectivity index (χ1v) is 7.68. The molecule has 0 atom stereocenters. The van der Waals surface area contributed by atoms with Crippen molar-refractivity contribution in [2.24, 2.45) is 0 Å². The van der Waals surface area contributed by atoms with E-state index < -0.39 is 15.9 Å². The Morgan fingerprint density at radius 1 is 1.43 bits per heavy atom. The molecule has 112 valence electrons. The summed E-state index contributed by atoms with van der Waals surface area (Å²) >= 11 is 5.66. The Kier molecular flexibility index (Phi) is 4.53. The molecule has 0 saturated heterocycles. The van der Waals surface area contributed by atoms with Gasteiger partial charge in [-0.1, -0.05) is 16.8 Å². The van der Waals surface area contributed by atoms with E-state index in [0.717, 1.165) is 6.20 Å². The predicted molar refractivity (Wildman–Crippen MR) is 71.9 cm³/mol. The van der Waals surface area contributed by atoms with Crippen molar-refractivity contribution in [3.8, 4) is 0 Å². The number of sulfonamides is 1. The number of nitrogens with one attached hydrogen (secondary N) is 1. The standard InChI is InChI=1S/C11H11ClN4O4S/c1-7-14-11(20-15-7)3-2-10(17)16-21(18,19)9-4-8(12)5-13-6-9/h4-6H,2-3H2,1H3,(H,16,17). The van der Waals surface area contributed by atoms with Crippen LogP contribution in [0.1, 0.15) is 18.1 Å². The van der Waals surface area contributed by atoms with Gasteiger partial charge in [-0.05, 0) is 13.0 Å². The van der Waals surface area contributed by atoms with Crippen molar-refractivity contribution in [2.75, 3.05) is 0 Å². The number of pyridine rings is 1. The molecular formula is C11H11ClN4O4S. The normalized spacial score (nSPS) is 11.3. The SMILES string of the molecule is Cc1noc(CCC(=O)NS(=O)(=O)c2cncc(Cl)c2)n1. The molecule has 0 aromatic carbocycles. The quantitative estimate of drug-likeness (QED) is 0.864. The van der Waals surface area contributed by atoms with E-state index in [-0.39, 0.29) is 28.7 Å². The van der Waals surface area contributed by atoms with Gasteiger partial charge in [0.05, 0.1) is 5.02 Å². The lowest BCUT2D eigenvalue weighted by molar-refractivity contribution is -0.119. The number of carbonyl (C=O) groups is 1. The molecule has 0 aliphatic carbocycles. The van der Waals surface area contributed by atoms with Gasteiger partial charge in [-0.25, -0.2) is 13.1 Å². The molecule has 0 bridgehead atoms.